The highest BCUT2D eigenvalue weighted by Crippen LogP contribution is 2.28. The highest BCUT2D eigenvalue weighted by Gasteiger charge is 2.24. The maximum Gasteiger partial charge on any atom is 0.219 e. The molecule has 1 saturated heterocycles. The standard InChI is InChI=1S/C24H26N4O/c1-18-22(17-20-9-5-3-6-10-20)24(28-15-13-27(14-16-28)19(2)29)26-23(25-18)21-11-7-4-8-12-21/h3-12H,13-17H2,1-2H3. The van der Waals surface area contributed by atoms with Crippen LogP contribution in [0.4, 0.5) is 5.82 Å². The zero-order chi connectivity index (χ0) is 20.2. The molecule has 1 aromatic heterocycles. The molecule has 1 aliphatic heterocycles. The Balaban J connectivity index is 1.73. The summed E-state index contributed by atoms with van der Waals surface area (Å²) in [5.41, 5.74) is 4.43. The Morgan fingerprint density at radius 2 is 1.52 bits per heavy atom. The SMILES string of the molecule is CC(=O)N1CCN(c2nc(-c3ccccc3)nc(C)c2Cc2ccccc2)CC1. The van der Waals surface area contributed by atoms with Gasteiger partial charge in [0.2, 0.25) is 5.91 Å². The summed E-state index contributed by atoms with van der Waals surface area (Å²) in [5.74, 6) is 1.88. The maximum atomic E-state index is 11.7. The van der Waals surface area contributed by atoms with E-state index in [1.165, 1.54) is 5.56 Å². The van der Waals surface area contributed by atoms with Crippen molar-refractivity contribution in [3.05, 3.63) is 77.5 Å². The van der Waals surface area contributed by atoms with Gasteiger partial charge in [-0.1, -0.05) is 60.7 Å². The molecule has 148 valence electrons. The molecule has 0 unspecified atom stereocenters. The third-order valence-electron chi connectivity index (χ3n) is 5.47. The van der Waals surface area contributed by atoms with Crippen LogP contribution in [-0.2, 0) is 11.2 Å². The number of nitrogens with zero attached hydrogens (tertiary/aromatic N) is 4. The number of carbonyl (C=O) groups excluding carboxylic acids is 1. The Morgan fingerprint density at radius 3 is 2.14 bits per heavy atom. The summed E-state index contributed by atoms with van der Waals surface area (Å²) in [6.07, 6.45) is 0.796. The molecule has 0 atom stereocenters. The minimum absolute atomic E-state index is 0.137. The first-order valence-corrected chi connectivity index (χ1v) is 10.1. The lowest BCUT2D eigenvalue weighted by atomic mass is 10.0. The number of piperazine rings is 1. The van der Waals surface area contributed by atoms with Gasteiger partial charge >= 0.3 is 0 Å². The lowest BCUT2D eigenvalue weighted by Gasteiger charge is -2.36. The number of benzene rings is 2. The summed E-state index contributed by atoms with van der Waals surface area (Å²) >= 11 is 0. The van der Waals surface area contributed by atoms with Crippen LogP contribution in [0.2, 0.25) is 0 Å². The van der Waals surface area contributed by atoms with Crippen LogP contribution in [0.1, 0.15) is 23.7 Å². The molecule has 3 aromatic rings. The van der Waals surface area contributed by atoms with Crippen LogP contribution in [0.25, 0.3) is 11.4 Å². The van der Waals surface area contributed by atoms with Crippen LogP contribution in [0.15, 0.2) is 60.7 Å². The molecule has 1 amide bonds. The van der Waals surface area contributed by atoms with Crippen LogP contribution in [0.3, 0.4) is 0 Å². The number of rotatable bonds is 4. The Morgan fingerprint density at radius 1 is 0.897 bits per heavy atom. The van der Waals surface area contributed by atoms with Gasteiger partial charge in [0.15, 0.2) is 5.82 Å². The Hall–Kier alpha value is -3.21. The average molecular weight is 386 g/mol. The van der Waals surface area contributed by atoms with E-state index in [1.54, 1.807) is 6.92 Å². The Labute approximate surface area is 172 Å². The molecule has 0 spiro atoms. The fourth-order valence-electron chi connectivity index (χ4n) is 3.80. The molecule has 0 aliphatic carbocycles. The molecular weight excluding hydrogens is 360 g/mol. The second kappa shape index (κ2) is 8.43. The molecular formula is C24H26N4O. The number of hydrogen-bond donors (Lipinski definition) is 0. The maximum absolute atomic E-state index is 11.7. The molecule has 1 fully saturated rings. The summed E-state index contributed by atoms with van der Waals surface area (Å²) < 4.78 is 0. The summed E-state index contributed by atoms with van der Waals surface area (Å²) in [4.78, 5) is 25.8. The molecule has 0 bridgehead atoms. The van der Waals surface area contributed by atoms with Crippen LogP contribution < -0.4 is 4.90 Å². The van der Waals surface area contributed by atoms with Crippen molar-refractivity contribution >= 4 is 11.7 Å². The van der Waals surface area contributed by atoms with Crippen LogP contribution >= 0.6 is 0 Å². The van der Waals surface area contributed by atoms with Crippen LogP contribution in [0, 0.1) is 6.92 Å². The van der Waals surface area contributed by atoms with E-state index in [9.17, 15) is 4.79 Å². The molecule has 5 nitrogen and oxygen atoms in total. The summed E-state index contributed by atoms with van der Waals surface area (Å²) in [6.45, 7) is 6.73. The topological polar surface area (TPSA) is 49.3 Å². The highest BCUT2D eigenvalue weighted by atomic mass is 16.2. The van der Waals surface area contributed by atoms with Gasteiger partial charge in [0.25, 0.3) is 0 Å². The quantitative estimate of drug-likeness (QED) is 0.686. The third kappa shape index (κ3) is 4.29. The Bertz CT molecular complexity index is 981. The van der Waals surface area contributed by atoms with E-state index >= 15 is 0 Å². The van der Waals surface area contributed by atoms with E-state index in [0.29, 0.717) is 0 Å². The normalized spacial score (nSPS) is 14.1. The third-order valence-corrected chi connectivity index (χ3v) is 5.47. The summed E-state index contributed by atoms with van der Waals surface area (Å²) in [6, 6.07) is 20.6. The van der Waals surface area contributed by atoms with E-state index in [0.717, 1.165) is 61.1 Å². The lowest BCUT2D eigenvalue weighted by molar-refractivity contribution is -0.129. The van der Waals surface area contributed by atoms with E-state index in [2.05, 4.69) is 36.1 Å². The van der Waals surface area contributed by atoms with Gasteiger partial charge in [0.1, 0.15) is 5.82 Å². The van der Waals surface area contributed by atoms with Gasteiger partial charge in [-0.3, -0.25) is 4.79 Å². The average Bonchev–Trinajstić information content (AvgIpc) is 2.76. The fourth-order valence-corrected chi connectivity index (χ4v) is 3.80. The number of carbonyl (C=O) groups is 1. The molecule has 0 saturated carbocycles. The van der Waals surface area contributed by atoms with Crippen molar-refractivity contribution in [3.63, 3.8) is 0 Å². The lowest BCUT2D eigenvalue weighted by Crippen LogP contribution is -2.48. The van der Waals surface area contributed by atoms with Crippen molar-refractivity contribution in [1.82, 2.24) is 14.9 Å². The van der Waals surface area contributed by atoms with E-state index in [-0.39, 0.29) is 5.91 Å². The van der Waals surface area contributed by atoms with E-state index in [4.69, 9.17) is 9.97 Å². The van der Waals surface area contributed by atoms with Crippen molar-refractivity contribution in [2.24, 2.45) is 0 Å². The van der Waals surface area contributed by atoms with Crippen molar-refractivity contribution < 1.29 is 4.79 Å². The van der Waals surface area contributed by atoms with Crippen molar-refractivity contribution in [2.75, 3.05) is 31.1 Å². The van der Waals surface area contributed by atoms with Gasteiger partial charge in [-0.05, 0) is 12.5 Å². The van der Waals surface area contributed by atoms with Gasteiger partial charge in [0, 0.05) is 56.3 Å². The van der Waals surface area contributed by atoms with Gasteiger partial charge in [0.05, 0.1) is 0 Å². The van der Waals surface area contributed by atoms with Crippen LogP contribution in [0.5, 0.6) is 0 Å². The number of hydrogen-bond acceptors (Lipinski definition) is 4. The second-order valence-corrected chi connectivity index (χ2v) is 7.46. The molecule has 0 radical (unpaired) electrons. The van der Waals surface area contributed by atoms with Crippen LogP contribution in [-0.4, -0.2) is 47.0 Å². The van der Waals surface area contributed by atoms with Gasteiger partial charge in [-0.15, -0.1) is 0 Å². The smallest absolute Gasteiger partial charge is 0.219 e. The molecule has 1 aliphatic rings. The minimum Gasteiger partial charge on any atom is -0.353 e. The molecule has 5 heteroatoms. The molecule has 0 N–H and O–H groups in total. The van der Waals surface area contributed by atoms with E-state index in [1.807, 2.05) is 41.3 Å². The zero-order valence-corrected chi connectivity index (χ0v) is 17.0. The first-order valence-electron chi connectivity index (χ1n) is 10.1. The molecule has 2 heterocycles. The summed E-state index contributed by atoms with van der Waals surface area (Å²) in [5, 5.41) is 0. The second-order valence-electron chi connectivity index (χ2n) is 7.46. The Kier molecular flexibility index (Phi) is 5.56. The molecule has 29 heavy (non-hydrogen) atoms. The largest absolute Gasteiger partial charge is 0.353 e. The fraction of sp³-hybridized carbons (Fsp3) is 0.292. The summed E-state index contributed by atoms with van der Waals surface area (Å²) in [7, 11) is 0. The van der Waals surface area contributed by atoms with Crippen molar-refractivity contribution in [3.8, 4) is 11.4 Å². The van der Waals surface area contributed by atoms with Gasteiger partial charge in [-0.25, -0.2) is 9.97 Å². The first kappa shape index (κ1) is 19.1. The monoisotopic (exact) mass is 386 g/mol. The van der Waals surface area contributed by atoms with Gasteiger partial charge in [-0.2, -0.15) is 0 Å². The molecule has 2 aromatic carbocycles. The highest BCUT2D eigenvalue weighted by molar-refractivity contribution is 5.73. The minimum atomic E-state index is 0.137. The van der Waals surface area contributed by atoms with Gasteiger partial charge < -0.3 is 9.80 Å². The van der Waals surface area contributed by atoms with Crippen molar-refractivity contribution in [1.29, 1.82) is 0 Å². The molecule has 4 rings (SSSR count). The van der Waals surface area contributed by atoms with Crippen molar-refractivity contribution in [2.45, 2.75) is 20.3 Å². The predicted molar refractivity (Wildman–Crippen MR) is 116 cm³/mol. The number of aryl methyl sites for hydroxylation is 1. The predicted octanol–water partition coefficient (Wildman–Crippen LogP) is 3.71. The zero-order valence-electron chi connectivity index (χ0n) is 17.0. The number of anilines is 1. The first-order chi connectivity index (χ1) is 14.1. The number of amides is 1. The number of aromatic nitrogens is 2. The van der Waals surface area contributed by atoms with E-state index < -0.39 is 0 Å².